The van der Waals surface area contributed by atoms with Crippen molar-refractivity contribution >= 4 is 32.6 Å². The number of hydrogen-bond donors (Lipinski definition) is 1. The quantitative estimate of drug-likeness (QED) is 0.692. The molecule has 0 bridgehead atoms. The molecule has 0 amide bonds. The first-order chi connectivity index (χ1) is 8.11. The maximum absolute atomic E-state index is 11.7. The molecule has 0 spiro atoms. The van der Waals surface area contributed by atoms with Crippen LogP contribution in [0.1, 0.15) is 24.2 Å². The molecule has 0 radical (unpaired) electrons. The van der Waals surface area contributed by atoms with Gasteiger partial charge >= 0.3 is 0 Å². The van der Waals surface area contributed by atoms with Crippen LogP contribution >= 0.6 is 15.9 Å². The molecule has 0 unspecified atom stereocenters. The minimum atomic E-state index is 0.0675. The standard InChI is InChI=1S/C13H14BrNO2/c1-8(2)17-9-3-4-12-10(5-9)11(7-15-12)13(16)6-14/h3-5,7-8,15H,6H2,1-2H3. The average molecular weight is 296 g/mol. The molecule has 2 aromatic rings. The lowest BCUT2D eigenvalue weighted by Crippen LogP contribution is -2.05. The van der Waals surface area contributed by atoms with Crippen molar-refractivity contribution in [2.45, 2.75) is 20.0 Å². The zero-order valence-corrected chi connectivity index (χ0v) is 11.4. The Morgan fingerprint density at radius 1 is 1.47 bits per heavy atom. The number of alkyl halides is 1. The Hall–Kier alpha value is -1.29. The largest absolute Gasteiger partial charge is 0.491 e. The van der Waals surface area contributed by atoms with E-state index in [1.807, 2.05) is 32.0 Å². The monoisotopic (exact) mass is 295 g/mol. The fourth-order valence-electron chi connectivity index (χ4n) is 1.75. The van der Waals surface area contributed by atoms with E-state index < -0.39 is 0 Å². The number of Topliss-reactive ketones (excluding diaryl/α,β-unsaturated/α-hetero) is 1. The van der Waals surface area contributed by atoms with Gasteiger partial charge in [-0.25, -0.2) is 0 Å². The van der Waals surface area contributed by atoms with Crippen LogP contribution in [-0.4, -0.2) is 22.2 Å². The number of carbonyl (C=O) groups excluding carboxylic acids is 1. The summed E-state index contributed by atoms with van der Waals surface area (Å²) in [4.78, 5) is 14.8. The van der Waals surface area contributed by atoms with Crippen LogP contribution < -0.4 is 4.74 Å². The van der Waals surface area contributed by atoms with Crippen molar-refractivity contribution in [1.82, 2.24) is 4.98 Å². The van der Waals surface area contributed by atoms with Gasteiger partial charge in [-0.1, -0.05) is 15.9 Å². The molecule has 90 valence electrons. The van der Waals surface area contributed by atoms with Gasteiger partial charge in [0.05, 0.1) is 11.4 Å². The van der Waals surface area contributed by atoms with E-state index in [9.17, 15) is 4.79 Å². The van der Waals surface area contributed by atoms with Gasteiger partial charge in [0, 0.05) is 22.7 Å². The average Bonchev–Trinajstić information content (AvgIpc) is 2.70. The number of carbonyl (C=O) groups is 1. The summed E-state index contributed by atoms with van der Waals surface area (Å²) in [5.41, 5.74) is 1.65. The Morgan fingerprint density at radius 3 is 2.88 bits per heavy atom. The molecule has 1 N–H and O–H groups in total. The number of aromatic amines is 1. The summed E-state index contributed by atoms with van der Waals surface area (Å²) in [6, 6.07) is 5.74. The Balaban J connectivity index is 2.46. The molecule has 0 aliphatic carbocycles. The SMILES string of the molecule is CC(C)Oc1ccc2[nH]cc(C(=O)CBr)c2c1. The maximum Gasteiger partial charge on any atom is 0.175 e. The molecule has 17 heavy (non-hydrogen) atoms. The van der Waals surface area contributed by atoms with Crippen LogP contribution in [-0.2, 0) is 0 Å². The van der Waals surface area contributed by atoms with Gasteiger partial charge in [0.1, 0.15) is 5.75 Å². The highest BCUT2D eigenvalue weighted by atomic mass is 79.9. The van der Waals surface area contributed by atoms with Crippen molar-refractivity contribution < 1.29 is 9.53 Å². The highest BCUT2D eigenvalue weighted by molar-refractivity contribution is 9.09. The molecule has 4 heteroatoms. The Labute approximate surface area is 108 Å². The number of aromatic nitrogens is 1. The predicted octanol–water partition coefficient (Wildman–Crippen LogP) is 3.53. The van der Waals surface area contributed by atoms with Crippen molar-refractivity contribution in [2.24, 2.45) is 0 Å². The minimum Gasteiger partial charge on any atom is -0.491 e. The summed E-state index contributed by atoms with van der Waals surface area (Å²) in [6.07, 6.45) is 1.87. The van der Waals surface area contributed by atoms with Crippen LogP contribution in [0, 0.1) is 0 Å². The summed E-state index contributed by atoms with van der Waals surface area (Å²) in [7, 11) is 0. The highest BCUT2D eigenvalue weighted by Gasteiger charge is 2.11. The third kappa shape index (κ3) is 2.52. The molecular weight excluding hydrogens is 282 g/mol. The summed E-state index contributed by atoms with van der Waals surface area (Å²) in [5.74, 6) is 0.855. The van der Waals surface area contributed by atoms with Gasteiger partial charge < -0.3 is 9.72 Å². The summed E-state index contributed by atoms with van der Waals surface area (Å²) < 4.78 is 5.62. The molecular formula is C13H14BrNO2. The van der Waals surface area contributed by atoms with Crippen LogP contribution in [0.2, 0.25) is 0 Å². The van der Waals surface area contributed by atoms with Gasteiger partial charge in [-0.15, -0.1) is 0 Å². The summed E-state index contributed by atoms with van der Waals surface area (Å²) in [6.45, 7) is 3.96. The van der Waals surface area contributed by atoms with Crippen molar-refractivity contribution in [1.29, 1.82) is 0 Å². The second kappa shape index (κ2) is 4.92. The van der Waals surface area contributed by atoms with Crippen molar-refractivity contribution in [2.75, 3.05) is 5.33 Å². The second-order valence-electron chi connectivity index (χ2n) is 4.13. The number of ketones is 1. The number of halogens is 1. The zero-order chi connectivity index (χ0) is 12.4. The third-order valence-electron chi connectivity index (χ3n) is 2.45. The van der Waals surface area contributed by atoms with E-state index in [2.05, 4.69) is 20.9 Å². The molecule has 0 atom stereocenters. The van der Waals surface area contributed by atoms with E-state index in [1.54, 1.807) is 6.20 Å². The van der Waals surface area contributed by atoms with E-state index in [0.29, 0.717) is 10.9 Å². The number of benzene rings is 1. The summed E-state index contributed by atoms with van der Waals surface area (Å²) in [5, 5.41) is 1.24. The van der Waals surface area contributed by atoms with Crippen LogP contribution in [0.25, 0.3) is 10.9 Å². The molecule has 1 aromatic carbocycles. The normalized spacial score (nSPS) is 11.1. The number of fused-ring (bicyclic) bond motifs is 1. The van der Waals surface area contributed by atoms with Gasteiger partial charge in [-0.3, -0.25) is 4.79 Å². The first-order valence-electron chi connectivity index (χ1n) is 5.48. The second-order valence-corrected chi connectivity index (χ2v) is 4.69. The van der Waals surface area contributed by atoms with Crippen LogP contribution in [0.4, 0.5) is 0 Å². The van der Waals surface area contributed by atoms with Gasteiger partial charge in [-0.2, -0.15) is 0 Å². The van der Waals surface area contributed by atoms with Gasteiger partial charge in [-0.05, 0) is 32.0 Å². The number of nitrogens with one attached hydrogen (secondary N) is 1. The molecule has 0 aliphatic heterocycles. The van der Waals surface area contributed by atoms with Crippen molar-refractivity contribution in [3.8, 4) is 5.75 Å². The number of H-pyrrole nitrogens is 1. The molecule has 3 nitrogen and oxygen atoms in total. The Morgan fingerprint density at radius 2 is 2.24 bits per heavy atom. The van der Waals surface area contributed by atoms with E-state index in [-0.39, 0.29) is 11.9 Å². The fraction of sp³-hybridized carbons (Fsp3) is 0.308. The maximum atomic E-state index is 11.7. The van der Waals surface area contributed by atoms with Gasteiger partial charge in [0.2, 0.25) is 0 Å². The Bertz CT molecular complexity index is 545. The van der Waals surface area contributed by atoms with Crippen LogP contribution in [0.3, 0.4) is 0 Å². The molecule has 0 aliphatic rings. The predicted molar refractivity (Wildman–Crippen MR) is 72.2 cm³/mol. The molecule has 1 heterocycles. The van der Waals surface area contributed by atoms with Crippen molar-refractivity contribution in [3.63, 3.8) is 0 Å². The Kier molecular flexibility index (Phi) is 3.52. The highest BCUT2D eigenvalue weighted by Crippen LogP contribution is 2.25. The molecule has 0 fully saturated rings. The van der Waals surface area contributed by atoms with E-state index in [4.69, 9.17) is 4.74 Å². The lowest BCUT2D eigenvalue weighted by atomic mass is 10.1. The molecule has 1 aromatic heterocycles. The van der Waals surface area contributed by atoms with Crippen LogP contribution in [0.5, 0.6) is 5.75 Å². The number of rotatable bonds is 4. The lowest BCUT2D eigenvalue weighted by molar-refractivity contribution is 0.102. The minimum absolute atomic E-state index is 0.0675. The van der Waals surface area contributed by atoms with Crippen LogP contribution in [0.15, 0.2) is 24.4 Å². The van der Waals surface area contributed by atoms with E-state index in [0.717, 1.165) is 16.7 Å². The lowest BCUT2D eigenvalue weighted by Gasteiger charge is -2.09. The number of ether oxygens (including phenoxy) is 1. The topological polar surface area (TPSA) is 42.1 Å². The molecule has 2 rings (SSSR count). The van der Waals surface area contributed by atoms with E-state index in [1.165, 1.54) is 0 Å². The van der Waals surface area contributed by atoms with Gasteiger partial charge in [0.25, 0.3) is 0 Å². The third-order valence-corrected chi connectivity index (χ3v) is 2.96. The zero-order valence-electron chi connectivity index (χ0n) is 9.79. The molecule has 0 saturated heterocycles. The first-order valence-corrected chi connectivity index (χ1v) is 6.61. The summed E-state index contributed by atoms with van der Waals surface area (Å²) >= 11 is 3.19. The van der Waals surface area contributed by atoms with E-state index >= 15 is 0 Å². The molecule has 0 saturated carbocycles. The smallest absolute Gasteiger partial charge is 0.175 e. The number of hydrogen-bond acceptors (Lipinski definition) is 2. The van der Waals surface area contributed by atoms with Gasteiger partial charge in [0.15, 0.2) is 5.78 Å². The first kappa shape index (κ1) is 12.2. The fourth-order valence-corrected chi connectivity index (χ4v) is 2.05. The van der Waals surface area contributed by atoms with Crippen molar-refractivity contribution in [3.05, 3.63) is 30.0 Å².